The lowest BCUT2D eigenvalue weighted by Gasteiger charge is -2.19. The van der Waals surface area contributed by atoms with E-state index in [4.69, 9.17) is 9.84 Å². The van der Waals surface area contributed by atoms with Gasteiger partial charge in [-0.05, 0) is 32.9 Å². The minimum absolute atomic E-state index is 0.0597. The van der Waals surface area contributed by atoms with E-state index in [1.165, 1.54) is 32.9 Å². The zero-order valence-corrected chi connectivity index (χ0v) is 10.6. The number of carbonyl (C=O) groups is 1. The Labute approximate surface area is 105 Å². The van der Waals surface area contributed by atoms with E-state index in [0.717, 1.165) is 6.07 Å². The van der Waals surface area contributed by atoms with E-state index in [1.807, 2.05) is 0 Å². The second-order valence-electron chi connectivity index (χ2n) is 4.84. The Balaban J connectivity index is 2.76. The van der Waals surface area contributed by atoms with E-state index in [2.05, 4.69) is 0 Å². The predicted molar refractivity (Wildman–Crippen MR) is 63.9 cm³/mol. The monoisotopic (exact) mass is 256 g/mol. The summed E-state index contributed by atoms with van der Waals surface area (Å²) in [6, 6.07) is 4.06. The molecule has 0 amide bonds. The van der Waals surface area contributed by atoms with Gasteiger partial charge >= 0.3 is 5.97 Å². The third kappa shape index (κ3) is 3.43. The van der Waals surface area contributed by atoms with Crippen molar-refractivity contribution in [3.05, 3.63) is 29.6 Å². The number of aliphatic carboxylic acids is 1. The van der Waals surface area contributed by atoms with E-state index in [-0.39, 0.29) is 17.9 Å². The van der Waals surface area contributed by atoms with Crippen molar-refractivity contribution in [3.8, 4) is 5.75 Å². The SMILES string of the molecule is CC(O)c1ccc(OCC(C)(C)C(=O)O)cc1F. The van der Waals surface area contributed by atoms with Crippen LogP contribution in [0.3, 0.4) is 0 Å². The quantitative estimate of drug-likeness (QED) is 0.848. The molecule has 0 radical (unpaired) electrons. The molecule has 0 aliphatic heterocycles. The van der Waals surface area contributed by atoms with E-state index in [1.54, 1.807) is 0 Å². The van der Waals surface area contributed by atoms with Crippen molar-refractivity contribution >= 4 is 5.97 Å². The summed E-state index contributed by atoms with van der Waals surface area (Å²) in [7, 11) is 0. The molecule has 0 saturated heterocycles. The van der Waals surface area contributed by atoms with Crippen molar-refractivity contribution < 1.29 is 24.1 Å². The number of carboxylic acids is 1. The molecule has 18 heavy (non-hydrogen) atoms. The lowest BCUT2D eigenvalue weighted by atomic mass is 9.95. The summed E-state index contributed by atoms with van der Waals surface area (Å²) in [5.74, 6) is -1.31. The van der Waals surface area contributed by atoms with Crippen LogP contribution in [0.15, 0.2) is 18.2 Å². The van der Waals surface area contributed by atoms with Gasteiger partial charge in [-0.25, -0.2) is 4.39 Å². The van der Waals surface area contributed by atoms with Crippen LogP contribution in [0.2, 0.25) is 0 Å². The van der Waals surface area contributed by atoms with Gasteiger partial charge in [0.1, 0.15) is 18.2 Å². The highest BCUT2D eigenvalue weighted by Gasteiger charge is 2.28. The van der Waals surface area contributed by atoms with Gasteiger partial charge in [-0.3, -0.25) is 4.79 Å². The fraction of sp³-hybridized carbons (Fsp3) is 0.462. The Kier molecular flexibility index (Phi) is 4.29. The highest BCUT2D eigenvalue weighted by Crippen LogP contribution is 2.23. The summed E-state index contributed by atoms with van der Waals surface area (Å²) < 4.78 is 18.8. The summed E-state index contributed by atoms with van der Waals surface area (Å²) in [4.78, 5) is 10.9. The fourth-order valence-corrected chi connectivity index (χ4v) is 1.26. The molecule has 0 fully saturated rings. The topological polar surface area (TPSA) is 66.8 Å². The average molecular weight is 256 g/mol. The van der Waals surface area contributed by atoms with Crippen molar-refractivity contribution in [2.75, 3.05) is 6.61 Å². The standard InChI is InChI=1S/C13H17FO4/c1-8(15)10-5-4-9(6-11(10)14)18-7-13(2,3)12(16)17/h4-6,8,15H,7H2,1-3H3,(H,16,17). The molecule has 4 nitrogen and oxygen atoms in total. The molecular formula is C13H17FO4. The Hall–Kier alpha value is -1.62. The van der Waals surface area contributed by atoms with E-state index < -0.39 is 23.3 Å². The second kappa shape index (κ2) is 5.35. The van der Waals surface area contributed by atoms with Crippen LogP contribution in [0.4, 0.5) is 4.39 Å². The Morgan fingerprint density at radius 2 is 2.11 bits per heavy atom. The van der Waals surface area contributed by atoms with Crippen molar-refractivity contribution in [1.82, 2.24) is 0 Å². The molecule has 0 heterocycles. The molecule has 1 atom stereocenters. The van der Waals surface area contributed by atoms with Gasteiger partial charge in [0.15, 0.2) is 0 Å². The maximum absolute atomic E-state index is 13.5. The van der Waals surface area contributed by atoms with E-state index in [9.17, 15) is 14.3 Å². The minimum atomic E-state index is -1.04. The molecule has 1 aromatic rings. The molecular weight excluding hydrogens is 239 g/mol. The van der Waals surface area contributed by atoms with Crippen LogP contribution >= 0.6 is 0 Å². The Morgan fingerprint density at radius 1 is 1.50 bits per heavy atom. The summed E-state index contributed by atoms with van der Waals surface area (Å²) in [5.41, 5.74) is -0.862. The number of rotatable bonds is 5. The van der Waals surface area contributed by atoms with Crippen molar-refractivity contribution in [2.24, 2.45) is 5.41 Å². The first-order chi connectivity index (χ1) is 8.24. The molecule has 0 aliphatic rings. The Morgan fingerprint density at radius 3 is 2.56 bits per heavy atom. The van der Waals surface area contributed by atoms with Gasteiger partial charge < -0.3 is 14.9 Å². The molecule has 5 heteroatoms. The van der Waals surface area contributed by atoms with Gasteiger partial charge in [0.2, 0.25) is 0 Å². The molecule has 1 aromatic carbocycles. The van der Waals surface area contributed by atoms with Crippen molar-refractivity contribution in [3.63, 3.8) is 0 Å². The largest absolute Gasteiger partial charge is 0.492 e. The van der Waals surface area contributed by atoms with Gasteiger partial charge in [-0.15, -0.1) is 0 Å². The number of aliphatic hydroxyl groups excluding tert-OH is 1. The summed E-state index contributed by atoms with van der Waals surface area (Å²) in [6.07, 6.45) is -0.894. The van der Waals surface area contributed by atoms with Crippen LogP contribution < -0.4 is 4.74 Å². The average Bonchev–Trinajstić information content (AvgIpc) is 2.25. The highest BCUT2D eigenvalue weighted by molar-refractivity contribution is 5.73. The maximum Gasteiger partial charge on any atom is 0.312 e. The van der Waals surface area contributed by atoms with Gasteiger partial charge in [0.05, 0.1) is 11.5 Å². The second-order valence-corrected chi connectivity index (χ2v) is 4.84. The van der Waals surface area contributed by atoms with Gasteiger partial charge in [-0.1, -0.05) is 0 Å². The molecule has 1 rings (SSSR count). The van der Waals surface area contributed by atoms with E-state index in [0.29, 0.717) is 0 Å². The van der Waals surface area contributed by atoms with Crippen molar-refractivity contribution in [1.29, 1.82) is 0 Å². The number of hydrogen-bond acceptors (Lipinski definition) is 3. The molecule has 0 bridgehead atoms. The molecule has 0 spiro atoms. The number of aliphatic hydroxyl groups is 1. The third-order valence-electron chi connectivity index (χ3n) is 2.60. The molecule has 0 aromatic heterocycles. The number of halogens is 1. The number of benzene rings is 1. The minimum Gasteiger partial charge on any atom is -0.492 e. The highest BCUT2D eigenvalue weighted by atomic mass is 19.1. The van der Waals surface area contributed by atoms with E-state index >= 15 is 0 Å². The molecule has 100 valence electrons. The van der Waals surface area contributed by atoms with Crippen LogP contribution in [-0.4, -0.2) is 22.8 Å². The maximum atomic E-state index is 13.5. The van der Waals surface area contributed by atoms with Gasteiger partial charge in [-0.2, -0.15) is 0 Å². The van der Waals surface area contributed by atoms with Gasteiger partial charge in [0, 0.05) is 11.6 Å². The zero-order chi connectivity index (χ0) is 13.9. The lowest BCUT2D eigenvalue weighted by molar-refractivity contribution is -0.148. The predicted octanol–water partition coefficient (Wildman–Crippen LogP) is 2.37. The first-order valence-electron chi connectivity index (χ1n) is 5.58. The first-order valence-corrected chi connectivity index (χ1v) is 5.58. The number of carboxylic acid groups (broad SMARTS) is 1. The molecule has 0 aliphatic carbocycles. The number of ether oxygens (including phenoxy) is 1. The summed E-state index contributed by atoms with van der Waals surface area (Å²) in [5, 5.41) is 18.2. The normalized spacial score (nSPS) is 13.2. The van der Waals surface area contributed by atoms with Crippen LogP contribution in [0, 0.1) is 11.2 Å². The number of hydrogen-bond donors (Lipinski definition) is 2. The van der Waals surface area contributed by atoms with Crippen LogP contribution in [-0.2, 0) is 4.79 Å². The van der Waals surface area contributed by atoms with Crippen LogP contribution in [0.25, 0.3) is 0 Å². The van der Waals surface area contributed by atoms with Crippen molar-refractivity contribution in [2.45, 2.75) is 26.9 Å². The van der Waals surface area contributed by atoms with Crippen LogP contribution in [0.5, 0.6) is 5.75 Å². The summed E-state index contributed by atoms with van der Waals surface area (Å²) in [6.45, 7) is 4.45. The zero-order valence-electron chi connectivity index (χ0n) is 10.6. The lowest BCUT2D eigenvalue weighted by Crippen LogP contribution is -2.30. The third-order valence-corrected chi connectivity index (χ3v) is 2.60. The fourth-order valence-electron chi connectivity index (χ4n) is 1.26. The molecule has 0 saturated carbocycles. The summed E-state index contributed by atoms with van der Waals surface area (Å²) >= 11 is 0. The molecule has 2 N–H and O–H groups in total. The first kappa shape index (κ1) is 14.4. The van der Waals surface area contributed by atoms with Crippen LogP contribution in [0.1, 0.15) is 32.4 Å². The molecule has 1 unspecified atom stereocenters. The Bertz CT molecular complexity index is 441. The smallest absolute Gasteiger partial charge is 0.312 e. The van der Waals surface area contributed by atoms with Gasteiger partial charge in [0.25, 0.3) is 0 Å².